The van der Waals surface area contributed by atoms with E-state index in [1.54, 1.807) is 65.9 Å². The number of aryl methyl sites for hydroxylation is 2. The first-order valence-electron chi connectivity index (χ1n) is 9.01. The van der Waals surface area contributed by atoms with Gasteiger partial charge in [-0.3, -0.25) is 4.79 Å². The van der Waals surface area contributed by atoms with Crippen molar-refractivity contribution in [3.05, 3.63) is 87.1 Å². The van der Waals surface area contributed by atoms with Crippen molar-refractivity contribution >= 4 is 27.1 Å². The zero-order valence-electron chi connectivity index (χ0n) is 16.1. The molecule has 0 bridgehead atoms. The van der Waals surface area contributed by atoms with E-state index >= 15 is 0 Å². The Balaban J connectivity index is 1.75. The number of carbonyl (C=O) groups excluding carboxylic acids is 1. The summed E-state index contributed by atoms with van der Waals surface area (Å²) in [6.45, 7) is 6.05. The first kappa shape index (κ1) is 20.3. The first-order valence-corrected chi connectivity index (χ1v) is 11.5. The van der Waals surface area contributed by atoms with Gasteiger partial charge in [0.25, 0.3) is 5.91 Å². The SMILES string of the molecule is Cc1cc([C@@H](C)NC(=O)c2cccc(CS(=O)(=O)c3ccccc3)c2)c(C)s1. The molecule has 3 rings (SSSR count). The summed E-state index contributed by atoms with van der Waals surface area (Å²) in [4.78, 5) is 15.4. The molecule has 0 aliphatic rings. The molecule has 1 aromatic heterocycles. The summed E-state index contributed by atoms with van der Waals surface area (Å²) < 4.78 is 25.2. The van der Waals surface area contributed by atoms with Gasteiger partial charge in [-0.15, -0.1) is 11.3 Å². The molecule has 0 radical (unpaired) electrons. The number of hydrogen-bond donors (Lipinski definition) is 1. The summed E-state index contributed by atoms with van der Waals surface area (Å²) in [5, 5.41) is 3.01. The molecule has 0 unspecified atom stereocenters. The quantitative estimate of drug-likeness (QED) is 0.629. The van der Waals surface area contributed by atoms with Crippen molar-refractivity contribution in [3.8, 4) is 0 Å². The highest BCUT2D eigenvalue weighted by Crippen LogP contribution is 2.26. The number of amides is 1. The number of sulfone groups is 1. The van der Waals surface area contributed by atoms with Crippen LogP contribution >= 0.6 is 11.3 Å². The zero-order chi connectivity index (χ0) is 20.3. The van der Waals surface area contributed by atoms with Crippen molar-refractivity contribution < 1.29 is 13.2 Å². The lowest BCUT2D eigenvalue weighted by molar-refractivity contribution is 0.0939. The van der Waals surface area contributed by atoms with Crippen molar-refractivity contribution in [1.29, 1.82) is 0 Å². The second-order valence-electron chi connectivity index (χ2n) is 6.84. The van der Waals surface area contributed by atoms with Crippen LogP contribution in [0.5, 0.6) is 0 Å². The minimum Gasteiger partial charge on any atom is -0.345 e. The topological polar surface area (TPSA) is 63.2 Å². The van der Waals surface area contributed by atoms with E-state index in [1.165, 1.54) is 9.75 Å². The minimum absolute atomic E-state index is 0.117. The Labute approximate surface area is 170 Å². The number of nitrogens with one attached hydrogen (secondary N) is 1. The van der Waals surface area contributed by atoms with Crippen LogP contribution in [0.15, 0.2) is 65.6 Å². The zero-order valence-corrected chi connectivity index (χ0v) is 17.7. The van der Waals surface area contributed by atoms with E-state index in [4.69, 9.17) is 0 Å². The molecule has 3 aromatic rings. The molecule has 0 saturated heterocycles. The van der Waals surface area contributed by atoms with Crippen LogP contribution in [0.25, 0.3) is 0 Å². The third-order valence-electron chi connectivity index (χ3n) is 4.54. The lowest BCUT2D eigenvalue weighted by Gasteiger charge is -2.14. The molecular formula is C22H23NO3S2. The Morgan fingerprint density at radius 3 is 2.39 bits per heavy atom. The third-order valence-corrected chi connectivity index (χ3v) is 7.23. The summed E-state index contributed by atoms with van der Waals surface area (Å²) >= 11 is 1.71. The van der Waals surface area contributed by atoms with Crippen LogP contribution in [0, 0.1) is 13.8 Å². The Morgan fingerprint density at radius 2 is 1.75 bits per heavy atom. The summed E-state index contributed by atoms with van der Waals surface area (Å²) in [5.41, 5.74) is 2.16. The number of rotatable bonds is 6. The van der Waals surface area contributed by atoms with Gasteiger partial charge < -0.3 is 5.32 Å². The monoisotopic (exact) mass is 413 g/mol. The second-order valence-corrected chi connectivity index (χ2v) is 10.3. The molecule has 0 aliphatic heterocycles. The molecule has 0 saturated carbocycles. The van der Waals surface area contributed by atoms with Crippen LogP contribution in [0.1, 0.15) is 44.2 Å². The highest BCUT2D eigenvalue weighted by atomic mass is 32.2. The van der Waals surface area contributed by atoms with Crippen LogP contribution in [0.2, 0.25) is 0 Å². The predicted molar refractivity (Wildman–Crippen MR) is 113 cm³/mol. The average molecular weight is 414 g/mol. The molecule has 1 atom stereocenters. The van der Waals surface area contributed by atoms with E-state index in [0.717, 1.165) is 5.56 Å². The maximum Gasteiger partial charge on any atom is 0.251 e. The van der Waals surface area contributed by atoms with Gasteiger partial charge in [-0.2, -0.15) is 0 Å². The molecule has 0 aliphatic carbocycles. The summed E-state index contributed by atoms with van der Waals surface area (Å²) in [5.74, 6) is -0.356. The molecule has 1 heterocycles. The van der Waals surface area contributed by atoms with Crippen molar-refractivity contribution in [2.24, 2.45) is 0 Å². The lowest BCUT2D eigenvalue weighted by Crippen LogP contribution is -2.26. The second kappa shape index (κ2) is 8.29. The predicted octanol–water partition coefficient (Wildman–Crippen LogP) is 4.83. The van der Waals surface area contributed by atoms with Gasteiger partial charge in [-0.25, -0.2) is 8.42 Å². The van der Waals surface area contributed by atoms with Gasteiger partial charge in [-0.1, -0.05) is 30.3 Å². The van der Waals surface area contributed by atoms with Crippen LogP contribution in [-0.4, -0.2) is 14.3 Å². The molecule has 0 spiro atoms. The minimum atomic E-state index is -3.46. The Bertz CT molecular complexity index is 1090. The third kappa shape index (κ3) is 4.69. The van der Waals surface area contributed by atoms with Gasteiger partial charge in [-0.05, 0) is 62.2 Å². The fraction of sp³-hybridized carbons (Fsp3) is 0.227. The van der Waals surface area contributed by atoms with Gasteiger partial charge in [0.1, 0.15) is 0 Å². The van der Waals surface area contributed by atoms with E-state index in [1.807, 2.05) is 20.8 Å². The number of thiophene rings is 1. The van der Waals surface area contributed by atoms with E-state index in [9.17, 15) is 13.2 Å². The van der Waals surface area contributed by atoms with Crippen LogP contribution in [0.3, 0.4) is 0 Å². The fourth-order valence-corrected chi connectivity index (χ4v) is 5.55. The summed E-state index contributed by atoms with van der Waals surface area (Å²) in [7, 11) is -3.46. The van der Waals surface area contributed by atoms with Crippen molar-refractivity contribution in [1.82, 2.24) is 5.32 Å². The van der Waals surface area contributed by atoms with Gasteiger partial charge >= 0.3 is 0 Å². The Morgan fingerprint density at radius 1 is 1.04 bits per heavy atom. The smallest absolute Gasteiger partial charge is 0.251 e. The van der Waals surface area contributed by atoms with E-state index in [2.05, 4.69) is 11.4 Å². The number of carbonyl (C=O) groups is 1. The number of hydrogen-bond acceptors (Lipinski definition) is 4. The molecule has 146 valence electrons. The Hall–Kier alpha value is -2.44. The standard InChI is InChI=1S/C22H23NO3S2/c1-15-12-21(17(3)27-15)16(2)23-22(24)19-9-7-8-18(13-19)14-28(25,26)20-10-5-4-6-11-20/h4-13,16H,14H2,1-3H3,(H,23,24)/t16-/m1/s1. The van der Waals surface area contributed by atoms with Crippen molar-refractivity contribution in [2.45, 2.75) is 37.5 Å². The number of benzene rings is 2. The molecule has 28 heavy (non-hydrogen) atoms. The van der Waals surface area contributed by atoms with Crippen molar-refractivity contribution in [2.75, 3.05) is 0 Å². The van der Waals surface area contributed by atoms with Gasteiger partial charge in [0, 0.05) is 15.3 Å². The van der Waals surface area contributed by atoms with Gasteiger partial charge in [0.15, 0.2) is 9.84 Å². The van der Waals surface area contributed by atoms with E-state index in [-0.39, 0.29) is 22.6 Å². The normalized spacial score (nSPS) is 12.5. The molecule has 4 nitrogen and oxygen atoms in total. The molecule has 0 fully saturated rings. The molecule has 6 heteroatoms. The van der Waals surface area contributed by atoms with Gasteiger partial charge in [0.05, 0.1) is 16.7 Å². The summed E-state index contributed by atoms with van der Waals surface area (Å²) in [6.07, 6.45) is 0. The van der Waals surface area contributed by atoms with Crippen molar-refractivity contribution in [3.63, 3.8) is 0 Å². The average Bonchev–Trinajstić information content (AvgIpc) is 3.00. The molecule has 1 amide bonds. The largest absolute Gasteiger partial charge is 0.345 e. The van der Waals surface area contributed by atoms with E-state index in [0.29, 0.717) is 11.1 Å². The van der Waals surface area contributed by atoms with E-state index < -0.39 is 9.84 Å². The molecular weight excluding hydrogens is 390 g/mol. The molecule has 2 aromatic carbocycles. The maximum atomic E-state index is 12.7. The Kier molecular flexibility index (Phi) is 6.01. The lowest BCUT2D eigenvalue weighted by atomic mass is 10.1. The highest BCUT2D eigenvalue weighted by Gasteiger charge is 2.18. The van der Waals surface area contributed by atoms with Crippen LogP contribution < -0.4 is 5.32 Å². The molecule has 1 N–H and O–H groups in total. The maximum absolute atomic E-state index is 12.7. The fourth-order valence-electron chi connectivity index (χ4n) is 3.17. The first-order chi connectivity index (χ1) is 13.3. The highest BCUT2D eigenvalue weighted by molar-refractivity contribution is 7.90. The summed E-state index contributed by atoms with van der Waals surface area (Å²) in [6, 6.07) is 17.1. The van der Waals surface area contributed by atoms with Crippen LogP contribution in [-0.2, 0) is 15.6 Å². The van der Waals surface area contributed by atoms with Crippen LogP contribution in [0.4, 0.5) is 0 Å². The van der Waals surface area contributed by atoms with Gasteiger partial charge in [0.2, 0.25) is 0 Å².